The molecule has 0 spiro atoms. The van der Waals surface area contributed by atoms with Gasteiger partial charge in [-0.25, -0.2) is 0 Å². The summed E-state index contributed by atoms with van der Waals surface area (Å²) < 4.78 is 10.6. The summed E-state index contributed by atoms with van der Waals surface area (Å²) >= 11 is 6.09. The van der Waals surface area contributed by atoms with Crippen molar-refractivity contribution >= 4 is 29.1 Å². The van der Waals surface area contributed by atoms with Crippen molar-refractivity contribution in [3.05, 3.63) is 93.9 Å². The first kappa shape index (κ1) is 20.8. The Balaban J connectivity index is 1.89. The van der Waals surface area contributed by atoms with Crippen LogP contribution >= 0.6 is 11.6 Å². The molecule has 3 aromatic rings. The van der Waals surface area contributed by atoms with Crippen LogP contribution in [0.25, 0.3) is 5.76 Å². The molecule has 1 amide bonds. The summed E-state index contributed by atoms with van der Waals surface area (Å²) in [5.74, 6) is -0.869. The highest BCUT2D eigenvalue weighted by atomic mass is 35.5. The Morgan fingerprint density at radius 3 is 2.65 bits per heavy atom. The average molecular weight is 438 g/mol. The number of carbonyl (C=O) groups excluding carboxylic acids is 2. The van der Waals surface area contributed by atoms with Gasteiger partial charge >= 0.3 is 0 Å². The minimum absolute atomic E-state index is 0.00605. The highest BCUT2D eigenvalue weighted by molar-refractivity contribution is 6.46. The smallest absolute Gasteiger partial charge is 0.296 e. The molecule has 1 aliphatic rings. The summed E-state index contributed by atoms with van der Waals surface area (Å²) in [5, 5.41) is 11.5. The first-order valence-electron chi connectivity index (χ1n) is 9.62. The summed E-state index contributed by atoms with van der Waals surface area (Å²) in [6, 6.07) is 14.8. The number of carbonyl (C=O) groups is 2. The van der Waals surface area contributed by atoms with E-state index in [4.69, 9.17) is 20.8 Å². The van der Waals surface area contributed by atoms with Gasteiger partial charge in [0.15, 0.2) is 0 Å². The quantitative estimate of drug-likeness (QED) is 0.350. The number of hydrogen-bond donors (Lipinski definition) is 1. The predicted octanol–water partition coefficient (Wildman–Crippen LogP) is 4.87. The van der Waals surface area contributed by atoms with E-state index in [0.717, 1.165) is 5.56 Å². The summed E-state index contributed by atoms with van der Waals surface area (Å²) in [7, 11) is 1.46. The number of ether oxygens (including phenoxy) is 1. The Bertz CT molecular complexity index is 1180. The number of rotatable bonds is 5. The number of aliphatic hydroxyl groups is 1. The summed E-state index contributed by atoms with van der Waals surface area (Å²) in [6.07, 6.45) is 1.51. The maximum atomic E-state index is 13.1. The lowest BCUT2D eigenvalue weighted by Crippen LogP contribution is -2.29. The molecule has 4 rings (SSSR count). The van der Waals surface area contributed by atoms with E-state index in [1.807, 2.05) is 31.2 Å². The van der Waals surface area contributed by atoms with Crippen molar-refractivity contribution in [1.82, 2.24) is 4.90 Å². The second-order valence-electron chi connectivity index (χ2n) is 7.27. The highest BCUT2D eigenvalue weighted by Crippen LogP contribution is 2.41. The van der Waals surface area contributed by atoms with Crippen LogP contribution in [0.5, 0.6) is 5.75 Å². The van der Waals surface area contributed by atoms with Crippen molar-refractivity contribution < 1.29 is 23.8 Å². The topological polar surface area (TPSA) is 80.0 Å². The highest BCUT2D eigenvalue weighted by Gasteiger charge is 2.46. The molecular formula is C24H20ClNO5. The molecule has 1 unspecified atom stereocenters. The molecule has 1 saturated heterocycles. The van der Waals surface area contributed by atoms with E-state index < -0.39 is 17.7 Å². The fourth-order valence-electron chi connectivity index (χ4n) is 3.76. The molecule has 0 radical (unpaired) electrons. The standard InChI is InChI=1S/C24H20ClNO5/c1-14-5-3-6-15(11-14)21-20(22(27)16-8-9-18(25)19(12-16)30-2)23(28)24(29)26(21)13-17-7-4-10-31-17/h3-12,21,27H,13H2,1-2H3/b22-20-. The van der Waals surface area contributed by atoms with Crippen LogP contribution in [0, 0.1) is 6.92 Å². The minimum Gasteiger partial charge on any atom is -0.507 e. The van der Waals surface area contributed by atoms with E-state index in [0.29, 0.717) is 27.7 Å². The number of amides is 1. The summed E-state index contributed by atoms with van der Waals surface area (Å²) in [6.45, 7) is 2.02. The number of halogens is 1. The van der Waals surface area contributed by atoms with Crippen molar-refractivity contribution in [2.75, 3.05) is 7.11 Å². The Morgan fingerprint density at radius 1 is 1.16 bits per heavy atom. The van der Waals surface area contributed by atoms with Crippen LogP contribution in [-0.4, -0.2) is 28.8 Å². The Labute approximate surface area is 184 Å². The average Bonchev–Trinajstić information content (AvgIpc) is 3.36. The zero-order valence-electron chi connectivity index (χ0n) is 17.0. The van der Waals surface area contributed by atoms with E-state index >= 15 is 0 Å². The van der Waals surface area contributed by atoms with Gasteiger partial charge in [0.25, 0.3) is 11.7 Å². The molecule has 158 valence electrons. The van der Waals surface area contributed by atoms with Gasteiger partial charge in [-0.1, -0.05) is 41.4 Å². The third-order valence-electron chi connectivity index (χ3n) is 5.23. The minimum atomic E-state index is -0.772. The van der Waals surface area contributed by atoms with E-state index in [1.165, 1.54) is 24.3 Å². The van der Waals surface area contributed by atoms with E-state index in [9.17, 15) is 14.7 Å². The van der Waals surface area contributed by atoms with Crippen LogP contribution in [0.2, 0.25) is 5.02 Å². The molecule has 1 fully saturated rings. The normalized spacial score (nSPS) is 17.9. The van der Waals surface area contributed by atoms with Crippen molar-refractivity contribution in [1.29, 1.82) is 0 Å². The van der Waals surface area contributed by atoms with Crippen molar-refractivity contribution in [2.45, 2.75) is 19.5 Å². The van der Waals surface area contributed by atoms with Gasteiger partial charge in [0.1, 0.15) is 17.3 Å². The molecule has 7 heteroatoms. The molecule has 1 aliphatic heterocycles. The summed E-state index contributed by atoms with van der Waals surface area (Å²) in [4.78, 5) is 27.4. The number of benzene rings is 2. The fraction of sp³-hybridized carbons (Fsp3) is 0.167. The number of hydrogen-bond acceptors (Lipinski definition) is 5. The number of nitrogens with zero attached hydrogens (tertiary/aromatic N) is 1. The van der Waals surface area contributed by atoms with Gasteiger partial charge in [0, 0.05) is 5.56 Å². The Morgan fingerprint density at radius 2 is 1.97 bits per heavy atom. The zero-order chi connectivity index (χ0) is 22.1. The van der Waals surface area contributed by atoms with Gasteiger partial charge in [0.2, 0.25) is 0 Å². The second kappa shape index (κ2) is 8.32. The lowest BCUT2D eigenvalue weighted by Gasteiger charge is -2.24. The van der Waals surface area contributed by atoms with Crippen molar-refractivity contribution in [2.24, 2.45) is 0 Å². The molecule has 1 N–H and O–H groups in total. The molecule has 0 saturated carbocycles. The third kappa shape index (κ3) is 3.82. The molecule has 0 aliphatic carbocycles. The molecule has 2 aromatic carbocycles. The van der Waals surface area contributed by atoms with Crippen molar-refractivity contribution in [3.63, 3.8) is 0 Å². The second-order valence-corrected chi connectivity index (χ2v) is 7.68. The first-order chi connectivity index (χ1) is 14.9. The van der Waals surface area contributed by atoms with Crippen LogP contribution in [0.1, 0.15) is 28.5 Å². The number of furan rings is 1. The molecule has 1 atom stereocenters. The van der Waals surface area contributed by atoms with E-state index in [-0.39, 0.29) is 17.9 Å². The number of likely N-dealkylation sites (tertiary alicyclic amines) is 1. The maximum absolute atomic E-state index is 13.1. The van der Waals surface area contributed by atoms with Crippen LogP contribution < -0.4 is 4.74 Å². The Hall–Kier alpha value is -3.51. The van der Waals surface area contributed by atoms with Gasteiger partial charge in [-0.05, 0) is 42.8 Å². The lowest BCUT2D eigenvalue weighted by atomic mass is 9.94. The lowest BCUT2D eigenvalue weighted by molar-refractivity contribution is -0.140. The molecule has 1 aromatic heterocycles. The van der Waals surface area contributed by atoms with Gasteiger partial charge in [-0.15, -0.1) is 0 Å². The monoisotopic (exact) mass is 437 g/mol. The van der Waals surface area contributed by atoms with Gasteiger partial charge < -0.3 is 19.2 Å². The summed E-state index contributed by atoms with van der Waals surface area (Å²) in [5.41, 5.74) is 2.02. The number of ketones is 1. The van der Waals surface area contributed by atoms with Crippen LogP contribution in [-0.2, 0) is 16.1 Å². The largest absolute Gasteiger partial charge is 0.507 e. The van der Waals surface area contributed by atoms with Gasteiger partial charge in [0.05, 0.1) is 36.6 Å². The predicted molar refractivity (Wildman–Crippen MR) is 116 cm³/mol. The van der Waals surface area contributed by atoms with Gasteiger partial charge in [-0.3, -0.25) is 9.59 Å². The number of aliphatic hydroxyl groups excluding tert-OH is 1. The molecule has 31 heavy (non-hydrogen) atoms. The van der Waals surface area contributed by atoms with Crippen LogP contribution in [0.3, 0.4) is 0 Å². The number of aryl methyl sites for hydroxylation is 1. The molecule has 2 heterocycles. The van der Waals surface area contributed by atoms with Gasteiger partial charge in [-0.2, -0.15) is 0 Å². The first-order valence-corrected chi connectivity index (χ1v) is 9.99. The third-order valence-corrected chi connectivity index (χ3v) is 5.54. The van der Waals surface area contributed by atoms with Crippen LogP contribution in [0.15, 0.2) is 70.9 Å². The molecule has 6 nitrogen and oxygen atoms in total. The van der Waals surface area contributed by atoms with Crippen molar-refractivity contribution in [3.8, 4) is 5.75 Å². The van der Waals surface area contributed by atoms with E-state index in [2.05, 4.69) is 0 Å². The number of Topliss-reactive ketones (excluding diaryl/α,β-unsaturated/α-hetero) is 1. The number of methoxy groups -OCH3 is 1. The zero-order valence-corrected chi connectivity index (χ0v) is 17.7. The van der Waals surface area contributed by atoms with Crippen LogP contribution in [0.4, 0.5) is 0 Å². The fourth-order valence-corrected chi connectivity index (χ4v) is 3.96. The molecular weight excluding hydrogens is 418 g/mol. The Kier molecular flexibility index (Phi) is 5.57. The molecule has 0 bridgehead atoms. The maximum Gasteiger partial charge on any atom is 0.296 e. The SMILES string of the molecule is COc1cc(/C(O)=C2/C(=O)C(=O)N(Cc3ccco3)C2c2cccc(C)c2)ccc1Cl. The van der Waals surface area contributed by atoms with E-state index in [1.54, 1.807) is 24.3 Å².